The molecule has 1 aromatic rings. The van der Waals surface area contributed by atoms with E-state index in [0.29, 0.717) is 6.54 Å². The Balaban J connectivity index is 1.83. The van der Waals surface area contributed by atoms with Crippen LogP contribution in [0.3, 0.4) is 0 Å². The summed E-state index contributed by atoms with van der Waals surface area (Å²) < 4.78 is 44.9. The second kappa shape index (κ2) is 7.93. The van der Waals surface area contributed by atoms with Gasteiger partial charge in [0.2, 0.25) is 0 Å². The molecule has 2 aliphatic heterocycles. The second-order valence-electron chi connectivity index (χ2n) is 6.79. The third-order valence-electron chi connectivity index (χ3n) is 5.13. The van der Waals surface area contributed by atoms with Gasteiger partial charge in [-0.3, -0.25) is 4.90 Å². The van der Waals surface area contributed by atoms with E-state index in [2.05, 4.69) is 15.1 Å². The molecular formula is C18H26F3N3O. The fourth-order valence-corrected chi connectivity index (χ4v) is 3.61. The van der Waals surface area contributed by atoms with Crippen LogP contribution in [0.15, 0.2) is 18.2 Å². The summed E-state index contributed by atoms with van der Waals surface area (Å²) in [7, 11) is 1.69. The number of nitrogens with zero attached hydrogens (tertiary/aromatic N) is 2. The molecule has 0 bridgehead atoms. The highest BCUT2D eigenvalue weighted by Crippen LogP contribution is 2.35. The normalized spacial score (nSPS) is 20.9. The molecule has 2 fully saturated rings. The van der Waals surface area contributed by atoms with Crippen molar-refractivity contribution < 1.29 is 17.9 Å². The predicted molar refractivity (Wildman–Crippen MR) is 91.8 cm³/mol. The molecule has 3 rings (SSSR count). The van der Waals surface area contributed by atoms with Crippen LogP contribution in [0.1, 0.15) is 24.0 Å². The van der Waals surface area contributed by atoms with Crippen LogP contribution in [0.4, 0.5) is 18.9 Å². The third-order valence-corrected chi connectivity index (χ3v) is 5.13. The highest BCUT2D eigenvalue weighted by atomic mass is 19.4. The van der Waals surface area contributed by atoms with E-state index in [4.69, 9.17) is 4.74 Å². The first kappa shape index (κ1) is 18.5. The average Bonchev–Trinajstić information content (AvgIpc) is 2.62. The van der Waals surface area contributed by atoms with E-state index >= 15 is 0 Å². The van der Waals surface area contributed by atoms with Gasteiger partial charge in [-0.1, -0.05) is 6.07 Å². The van der Waals surface area contributed by atoms with Gasteiger partial charge in [0.1, 0.15) is 0 Å². The summed E-state index contributed by atoms with van der Waals surface area (Å²) in [4.78, 5) is 4.38. The Labute approximate surface area is 146 Å². The van der Waals surface area contributed by atoms with E-state index in [1.807, 2.05) is 0 Å². The molecule has 2 saturated heterocycles. The maximum atomic E-state index is 13.2. The maximum Gasteiger partial charge on any atom is 0.416 e. The quantitative estimate of drug-likeness (QED) is 0.897. The van der Waals surface area contributed by atoms with Crippen LogP contribution >= 0.6 is 0 Å². The van der Waals surface area contributed by atoms with Gasteiger partial charge < -0.3 is 15.0 Å². The monoisotopic (exact) mass is 357 g/mol. The summed E-state index contributed by atoms with van der Waals surface area (Å²) in [5.41, 5.74) is 1.13. The number of halogens is 3. The van der Waals surface area contributed by atoms with Crippen LogP contribution in [0.5, 0.6) is 0 Å². The third kappa shape index (κ3) is 4.65. The molecule has 0 amide bonds. The number of anilines is 1. The van der Waals surface area contributed by atoms with Gasteiger partial charge in [-0.05, 0) is 30.5 Å². The summed E-state index contributed by atoms with van der Waals surface area (Å²) in [6.07, 6.45) is -2.41. The van der Waals surface area contributed by atoms with Crippen LogP contribution in [0, 0.1) is 0 Å². The maximum absolute atomic E-state index is 13.2. The van der Waals surface area contributed by atoms with Crippen molar-refractivity contribution in [3.63, 3.8) is 0 Å². The molecule has 2 heterocycles. The first-order valence-corrected chi connectivity index (χ1v) is 8.88. The highest BCUT2D eigenvalue weighted by Gasteiger charge is 2.32. The van der Waals surface area contributed by atoms with Crippen LogP contribution in [-0.2, 0) is 17.5 Å². The lowest BCUT2D eigenvalue weighted by Crippen LogP contribution is -2.43. The van der Waals surface area contributed by atoms with Crippen molar-refractivity contribution in [2.24, 2.45) is 0 Å². The molecule has 4 nitrogen and oxygen atoms in total. The lowest BCUT2D eigenvalue weighted by atomic mass is 10.0. The van der Waals surface area contributed by atoms with Crippen molar-refractivity contribution in [3.05, 3.63) is 29.3 Å². The minimum atomic E-state index is -4.31. The number of piperidine rings is 1. The smallest absolute Gasteiger partial charge is 0.381 e. The SMILES string of the molecule is COC1CCN(c2cc(C(F)(F)F)ccc2CN2CCNCC2)CC1. The van der Waals surface area contributed by atoms with Gasteiger partial charge in [0, 0.05) is 58.6 Å². The van der Waals surface area contributed by atoms with E-state index in [0.717, 1.165) is 63.4 Å². The van der Waals surface area contributed by atoms with Gasteiger partial charge in [-0.15, -0.1) is 0 Å². The number of hydrogen-bond acceptors (Lipinski definition) is 4. The number of nitrogens with one attached hydrogen (secondary N) is 1. The molecule has 0 aliphatic carbocycles. The van der Waals surface area contributed by atoms with Crippen LogP contribution in [0.2, 0.25) is 0 Å². The van der Waals surface area contributed by atoms with E-state index < -0.39 is 11.7 Å². The number of hydrogen-bond donors (Lipinski definition) is 1. The number of ether oxygens (including phenoxy) is 1. The lowest BCUT2D eigenvalue weighted by molar-refractivity contribution is -0.137. The number of benzene rings is 1. The summed E-state index contributed by atoms with van der Waals surface area (Å²) in [5.74, 6) is 0. The van der Waals surface area contributed by atoms with Crippen molar-refractivity contribution in [1.29, 1.82) is 0 Å². The summed E-state index contributed by atoms with van der Waals surface area (Å²) in [6, 6.07) is 4.19. The zero-order chi connectivity index (χ0) is 17.9. The fraction of sp³-hybridized carbons (Fsp3) is 0.667. The van der Waals surface area contributed by atoms with E-state index in [9.17, 15) is 13.2 Å². The van der Waals surface area contributed by atoms with E-state index in [-0.39, 0.29) is 6.10 Å². The number of methoxy groups -OCH3 is 1. The molecule has 0 spiro atoms. The average molecular weight is 357 g/mol. The summed E-state index contributed by atoms with van der Waals surface area (Å²) in [6.45, 7) is 5.85. The fourth-order valence-electron chi connectivity index (χ4n) is 3.61. The predicted octanol–water partition coefficient (Wildman–Crippen LogP) is 2.73. The van der Waals surface area contributed by atoms with Crippen LogP contribution in [-0.4, -0.2) is 57.4 Å². The Morgan fingerprint density at radius 2 is 1.80 bits per heavy atom. The summed E-state index contributed by atoms with van der Waals surface area (Å²) >= 11 is 0. The van der Waals surface area contributed by atoms with Gasteiger partial charge in [-0.2, -0.15) is 13.2 Å². The first-order chi connectivity index (χ1) is 12.0. The van der Waals surface area contributed by atoms with Gasteiger partial charge in [0.25, 0.3) is 0 Å². The molecule has 7 heteroatoms. The van der Waals surface area contributed by atoms with Crippen LogP contribution in [0.25, 0.3) is 0 Å². The van der Waals surface area contributed by atoms with Crippen molar-refractivity contribution in [2.45, 2.75) is 31.7 Å². The lowest BCUT2D eigenvalue weighted by Gasteiger charge is -2.36. The Hall–Kier alpha value is -1.31. The Morgan fingerprint density at radius 3 is 2.40 bits per heavy atom. The second-order valence-corrected chi connectivity index (χ2v) is 6.79. The molecule has 140 valence electrons. The molecule has 0 aromatic heterocycles. The number of rotatable bonds is 4. The molecule has 0 saturated carbocycles. The minimum Gasteiger partial charge on any atom is -0.381 e. The number of piperazine rings is 1. The van der Waals surface area contributed by atoms with Crippen molar-refractivity contribution >= 4 is 5.69 Å². The molecule has 0 atom stereocenters. The molecule has 1 N–H and O–H groups in total. The van der Waals surface area contributed by atoms with Gasteiger partial charge in [0.15, 0.2) is 0 Å². The Morgan fingerprint density at radius 1 is 1.12 bits per heavy atom. The first-order valence-electron chi connectivity index (χ1n) is 8.88. The highest BCUT2D eigenvalue weighted by molar-refractivity contribution is 5.56. The van der Waals surface area contributed by atoms with Gasteiger partial charge in [-0.25, -0.2) is 0 Å². The molecule has 0 radical (unpaired) electrons. The van der Waals surface area contributed by atoms with Gasteiger partial charge >= 0.3 is 6.18 Å². The minimum absolute atomic E-state index is 0.207. The van der Waals surface area contributed by atoms with E-state index in [1.54, 1.807) is 13.2 Å². The van der Waals surface area contributed by atoms with Crippen LogP contribution < -0.4 is 10.2 Å². The molecular weight excluding hydrogens is 331 g/mol. The molecule has 0 unspecified atom stereocenters. The summed E-state index contributed by atoms with van der Waals surface area (Å²) in [5, 5.41) is 3.30. The van der Waals surface area contributed by atoms with Gasteiger partial charge in [0.05, 0.1) is 11.7 Å². The zero-order valence-electron chi connectivity index (χ0n) is 14.6. The Bertz CT molecular complexity index is 565. The number of alkyl halides is 3. The standard InChI is InChI=1S/C18H26F3N3O/c1-25-16-4-8-24(9-5-16)17-12-15(18(19,20)21)3-2-14(17)13-23-10-6-22-7-11-23/h2-3,12,16,22H,4-11,13H2,1H3. The molecule has 2 aliphatic rings. The molecule has 1 aromatic carbocycles. The molecule has 25 heavy (non-hydrogen) atoms. The van der Waals surface area contributed by atoms with Crippen molar-refractivity contribution in [1.82, 2.24) is 10.2 Å². The topological polar surface area (TPSA) is 27.7 Å². The Kier molecular flexibility index (Phi) is 5.86. The zero-order valence-corrected chi connectivity index (χ0v) is 14.6. The van der Waals surface area contributed by atoms with E-state index in [1.165, 1.54) is 12.1 Å². The largest absolute Gasteiger partial charge is 0.416 e. The van der Waals surface area contributed by atoms with Crippen molar-refractivity contribution in [2.75, 3.05) is 51.3 Å². The van der Waals surface area contributed by atoms with Crippen molar-refractivity contribution in [3.8, 4) is 0 Å².